The number of carbonyl (C=O) groups excluding carboxylic acids is 1. The van der Waals surface area contributed by atoms with Crippen LogP contribution in [0.1, 0.15) is 77.6 Å². The highest BCUT2D eigenvalue weighted by Crippen LogP contribution is 2.18. The average molecular weight is 268 g/mol. The van der Waals surface area contributed by atoms with Crippen molar-refractivity contribution in [3.63, 3.8) is 0 Å². The Morgan fingerprint density at radius 1 is 0.947 bits per heavy atom. The minimum Gasteiger partial charge on any atom is -0.356 e. The van der Waals surface area contributed by atoms with Gasteiger partial charge in [-0.25, -0.2) is 0 Å². The van der Waals surface area contributed by atoms with Gasteiger partial charge in [-0.05, 0) is 32.2 Å². The van der Waals surface area contributed by atoms with E-state index in [4.69, 9.17) is 0 Å². The van der Waals surface area contributed by atoms with Gasteiger partial charge in [0.05, 0.1) is 0 Å². The van der Waals surface area contributed by atoms with Crippen LogP contribution in [0.2, 0.25) is 0 Å². The van der Waals surface area contributed by atoms with E-state index in [1.54, 1.807) is 0 Å². The average Bonchev–Trinajstić information content (AvgIpc) is 3.21. The van der Waals surface area contributed by atoms with E-state index in [0.29, 0.717) is 6.42 Å². The van der Waals surface area contributed by atoms with Gasteiger partial charge in [0.2, 0.25) is 5.91 Å². The molecule has 0 unspecified atom stereocenters. The van der Waals surface area contributed by atoms with Gasteiger partial charge < -0.3 is 10.6 Å². The zero-order valence-corrected chi connectivity index (χ0v) is 12.7. The zero-order chi connectivity index (χ0) is 13.8. The van der Waals surface area contributed by atoms with Crippen LogP contribution in [-0.2, 0) is 4.79 Å². The third-order valence-electron chi connectivity index (χ3n) is 3.69. The first-order valence-electron chi connectivity index (χ1n) is 8.33. The smallest absolute Gasteiger partial charge is 0.219 e. The Kier molecular flexibility index (Phi) is 9.78. The molecule has 1 aliphatic rings. The summed E-state index contributed by atoms with van der Waals surface area (Å²) in [4.78, 5) is 11.6. The summed E-state index contributed by atoms with van der Waals surface area (Å²) in [6, 6.07) is 0.781. The number of rotatable bonds is 13. The minimum atomic E-state index is 0.236. The fraction of sp³-hybridized carbons (Fsp3) is 0.938. The molecule has 1 amide bonds. The summed E-state index contributed by atoms with van der Waals surface area (Å²) in [6.45, 7) is 4.11. The largest absolute Gasteiger partial charge is 0.356 e. The standard InChI is InChI=1S/C16H32N2O/c1-2-3-4-5-6-7-8-10-16(19)18-14-9-13-17-15-11-12-15/h15,17H,2-14H2,1H3,(H,18,19). The molecule has 3 nitrogen and oxygen atoms in total. The minimum absolute atomic E-state index is 0.236. The maximum Gasteiger partial charge on any atom is 0.219 e. The van der Waals surface area contributed by atoms with E-state index >= 15 is 0 Å². The second kappa shape index (κ2) is 11.3. The Morgan fingerprint density at radius 3 is 2.32 bits per heavy atom. The van der Waals surface area contributed by atoms with Gasteiger partial charge in [0, 0.05) is 19.0 Å². The molecule has 0 atom stereocenters. The molecular formula is C16H32N2O. The van der Waals surface area contributed by atoms with Crippen molar-refractivity contribution >= 4 is 5.91 Å². The molecule has 1 aliphatic carbocycles. The van der Waals surface area contributed by atoms with Crippen molar-refractivity contribution < 1.29 is 4.79 Å². The van der Waals surface area contributed by atoms with Gasteiger partial charge in [0.25, 0.3) is 0 Å². The number of hydrogen-bond donors (Lipinski definition) is 2. The summed E-state index contributed by atoms with van der Waals surface area (Å²) in [5.74, 6) is 0.236. The van der Waals surface area contributed by atoms with Gasteiger partial charge >= 0.3 is 0 Å². The van der Waals surface area contributed by atoms with E-state index < -0.39 is 0 Å². The molecule has 0 aliphatic heterocycles. The first kappa shape index (κ1) is 16.5. The van der Waals surface area contributed by atoms with Crippen LogP contribution in [-0.4, -0.2) is 25.0 Å². The first-order chi connectivity index (χ1) is 9.33. The number of unbranched alkanes of at least 4 members (excludes halogenated alkanes) is 6. The summed E-state index contributed by atoms with van der Waals surface area (Å²) in [5, 5.41) is 6.46. The number of amides is 1. The zero-order valence-electron chi connectivity index (χ0n) is 12.7. The molecule has 0 aromatic heterocycles. The van der Waals surface area contributed by atoms with Crippen LogP contribution in [0.15, 0.2) is 0 Å². The lowest BCUT2D eigenvalue weighted by Crippen LogP contribution is -2.27. The predicted molar refractivity (Wildman–Crippen MR) is 81.3 cm³/mol. The lowest BCUT2D eigenvalue weighted by Gasteiger charge is -2.06. The Balaban J connectivity index is 1.74. The molecule has 0 heterocycles. The van der Waals surface area contributed by atoms with Crippen molar-refractivity contribution in [3.05, 3.63) is 0 Å². The third-order valence-corrected chi connectivity index (χ3v) is 3.69. The summed E-state index contributed by atoms with van der Waals surface area (Å²) in [7, 11) is 0. The van der Waals surface area contributed by atoms with Crippen LogP contribution in [0.5, 0.6) is 0 Å². The second-order valence-electron chi connectivity index (χ2n) is 5.80. The third kappa shape index (κ3) is 11.0. The molecule has 112 valence electrons. The molecule has 0 spiro atoms. The molecule has 1 rings (SSSR count). The van der Waals surface area contributed by atoms with Gasteiger partial charge in [0.1, 0.15) is 0 Å². The molecule has 0 radical (unpaired) electrons. The second-order valence-corrected chi connectivity index (χ2v) is 5.80. The molecule has 2 N–H and O–H groups in total. The van der Waals surface area contributed by atoms with E-state index in [9.17, 15) is 4.79 Å². The lowest BCUT2D eigenvalue weighted by molar-refractivity contribution is -0.121. The maximum atomic E-state index is 11.6. The van der Waals surface area contributed by atoms with Crippen molar-refractivity contribution in [2.45, 2.75) is 83.6 Å². The van der Waals surface area contributed by atoms with E-state index in [1.165, 1.54) is 51.4 Å². The van der Waals surface area contributed by atoms with E-state index in [2.05, 4.69) is 17.6 Å². The van der Waals surface area contributed by atoms with Crippen molar-refractivity contribution in [1.29, 1.82) is 0 Å². The Bertz CT molecular complexity index is 227. The van der Waals surface area contributed by atoms with Gasteiger partial charge in [-0.2, -0.15) is 0 Å². The molecule has 3 heteroatoms. The topological polar surface area (TPSA) is 41.1 Å². The van der Waals surface area contributed by atoms with Crippen LogP contribution < -0.4 is 10.6 Å². The van der Waals surface area contributed by atoms with Gasteiger partial charge in [-0.3, -0.25) is 4.79 Å². The number of nitrogens with one attached hydrogen (secondary N) is 2. The highest BCUT2D eigenvalue weighted by atomic mass is 16.1. The monoisotopic (exact) mass is 268 g/mol. The van der Waals surface area contributed by atoms with Crippen LogP contribution in [0.25, 0.3) is 0 Å². The molecule has 0 saturated heterocycles. The Labute approximate surface area is 118 Å². The van der Waals surface area contributed by atoms with Crippen LogP contribution in [0.3, 0.4) is 0 Å². The molecule has 0 aromatic carbocycles. The van der Waals surface area contributed by atoms with Gasteiger partial charge in [-0.1, -0.05) is 45.4 Å². The van der Waals surface area contributed by atoms with Crippen molar-refractivity contribution in [3.8, 4) is 0 Å². The van der Waals surface area contributed by atoms with E-state index in [0.717, 1.165) is 32.0 Å². The summed E-state index contributed by atoms with van der Waals surface area (Å²) in [5.41, 5.74) is 0. The molecule has 0 bridgehead atoms. The van der Waals surface area contributed by atoms with Gasteiger partial charge in [0.15, 0.2) is 0 Å². The normalized spacial score (nSPS) is 14.6. The highest BCUT2D eigenvalue weighted by molar-refractivity contribution is 5.75. The quantitative estimate of drug-likeness (QED) is 0.503. The van der Waals surface area contributed by atoms with Crippen LogP contribution in [0, 0.1) is 0 Å². The highest BCUT2D eigenvalue weighted by Gasteiger charge is 2.19. The summed E-state index contributed by atoms with van der Waals surface area (Å²) in [6.07, 6.45) is 13.3. The van der Waals surface area contributed by atoms with E-state index in [1.807, 2.05) is 0 Å². The maximum absolute atomic E-state index is 11.6. The molecule has 19 heavy (non-hydrogen) atoms. The summed E-state index contributed by atoms with van der Waals surface area (Å²) >= 11 is 0. The fourth-order valence-electron chi connectivity index (χ4n) is 2.24. The van der Waals surface area contributed by atoms with Crippen LogP contribution >= 0.6 is 0 Å². The Hall–Kier alpha value is -0.570. The van der Waals surface area contributed by atoms with Crippen molar-refractivity contribution in [2.24, 2.45) is 0 Å². The van der Waals surface area contributed by atoms with Crippen molar-refractivity contribution in [2.75, 3.05) is 13.1 Å². The fourth-order valence-corrected chi connectivity index (χ4v) is 2.24. The number of hydrogen-bond acceptors (Lipinski definition) is 2. The van der Waals surface area contributed by atoms with Crippen molar-refractivity contribution in [1.82, 2.24) is 10.6 Å². The summed E-state index contributed by atoms with van der Waals surface area (Å²) < 4.78 is 0. The molecule has 1 fully saturated rings. The first-order valence-corrected chi connectivity index (χ1v) is 8.33. The SMILES string of the molecule is CCCCCCCCCC(=O)NCCCNC1CC1. The molecule has 0 aromatic rings. The van der Waals surface area contributed by atoms with E-state index in [-0.39, 0.29) is 5.91 Å². The molecule has 1 saturated carbocycles. The lowest BCUT2D eigenvalue weighted by atomic mass is 10.1. The van der Waals surface area contributed by atoms with Crippen LogP contribution in [0.4, 0.5) is 0 Å². The molecular weight excluding hydrogens is 236 g/mol. The van der Waals surface area contributed by atoms with Gasteiger partial charge in [-0.15, -0.1) is 0 Å². The predicted octanol–water partition coefficient (Wildman–Crippen LogP) is 3.39. The number of carbonyl (C=O) groups is 1. The Morgan fingerprint density at radius 2 is 1.63 bits per heavy atom.